The van der Waals surface area contributed by atoms with E-state index in [2.05, 4.69) is 75.7 Å². The molecule has 0 aromatic heterocycles. The lowest BCUT2D eigenvalue weighted by Gasteiger charge is -2.74. The Hall–Kier alpha value is 2.28. The molecule has 0 aliphatic rings. The Bertz CT molecular complexity index is 385. The van der Waals surface area contributed by atoms with Gasteiger partial charge in [0.2, 0.25) is 7.47 Å². The molecule has 0 saturated carbocycles. The fraction of sp³-hybridized carbons (Fsp3) is 1.00. The quantitative estimate of drug-likeness (QED) is 0.300. The molecule has 0 N–H and O–H groups in total. The lowest BCUT2D eigenvalue weighted by Crippen LogP contribution is -2.39. The predicted molar refractivity (Wildman–Crippen MR) is 131 cm³/mol. The summed E-state index contributed by atoms with van der Waals surface area (Å²) in [6.45, 7) is 4.85. The average Bonchev–Trinajstić information content (AvgIpc) is 2.26. The number of hydrogen-bond donors (Lipinski definition) is 1. The molecule has 0 spiro atoms. The molecule has 0 unspecified atom stereocenters. The zero-order valence-electron chi connectivity index (χ0n) is 16.4. The van der Waals surface area contributed by atoms with Crippen molar-refractivity contribution in [3.05, 3.63) is 0 Å². The third kappa shape index (κ3) is 3.62. The summed E-state index contributed by atoms with van der Waals surface area (Å²) in [7, 11) is -3.49. The minimum atomic E-state index is -1.65. The Labute approximate surface area is 146 Å². The summed E-state index contributed by atoms with van der Waals surface area (Å²) in [5, 5.41) is 0. The summed E-state index contributed by atoms with van der Waals surface area (Å²) < 4.78 is 6.09. The van der Waals surface area contributed by atoms with Gasteiger partial charge in [0.15, 0.2) is 0 Å². The molecule has 0 aliphatic carbocycles. The largest absolute Gasteiger partial charge is 0.411 e. The van der Waals surface area contributed by atoms with E-state index in [0.29, 0.717) is 0 Å². The molecule has 0 saturated heterocycles. The smallest absolute Gasteiger partial charge is 0.239 e. The second kappa shape index (κ2) is 6.54. The molecule has 21 heavy (non-hydrogen) atoms. The standard InChI is InChI=1S/C13H40OS6Si/c1-14-21(12,13)20(10,11)19(8,9)18(6,7)17(4,5)16(2,3)15/h15H,1-13H3. The maximum absolute atomic E-state index is 6.09. The highest BCUT2D eigenvalue weighted by Gasteiger charge is 2.53. The van der Waals surface area contributed by atoms with Crippen LogP contribution in [0.4, 0.5) is 0 Å². The zero-order chi connectivity index (χ0) is 17.7. The van der Waals surface area contributed by atoms with Crippen LogP contribution in [0.2, 0.25) is 13.1 Å². The van der Waals surface area contributed by atoms with Gasteiger partial charge in [0, 0.05) is 7.11 Å². The minimum Gasteiger partial charge on any atom is -0.411 e. The maximum Gasteiger partial charge on any atom is 0.239 e. The van der Waals surface area contributed by atoms with E-state index in [0.717, 1.165) is 0 Å². The van der Waals surface area contributed by atoms with Crippen LogP contribution in [0.5, 0.6) is 0 Å². The summed E-state index contributed by atoms with van der Waals surface area (Å²) in [4.78, 5) is 0. The van der Waals surface area contributed by atoms with Gasteiger partial charge >= 0.3 is 0 Å². The van der Waals surface area contributed by atoms with Gasteiger partial charge in [-0.1, -0.05) is 0 Å². The maximum atomic E-state index is 6.09. The van der Waals surface area contributed by atoms with E-state index < -0.39 is 48.3 Å². The highest BCUT2D eigenvalue weighted by molar-refractivity contribution is 9.69. The molecule has 0 aromatic rings. The van der Waals surface area contributed by atoms with Gasteiger partial charge in [0.05, 0.1) is 0 Å². The number of rotatable bonds is 6. The van der Waals surface area contributed by atoms with Crippen LogP contribution in [0.15, 0.2) is 0 Å². The van der Waals surface area contributed by atoms with Gasteiger partial charge < -0.3 is 4.43 Å². The van der Waals surface area contributed by atoms with E-state index in [-0.39, 0.29) is 0 Å². The monoisotopic (exact) mass is 432 g/mol. The van der Waals surface area contributed by atoms with Crippen molar-refractivity contribution in [2.75, 3.05) is 69.7 Å². The van der Waals surface area contributed by atoms with E-state index in [4.69, 9.17) is 16.1 Å². The van der Waals surface area contributed by atoms with Crippen LogP contribution < -0.4 is 0 Å². The molecule has 0 rings (SSSR count). The third-order valence-electron chi connectivity index (χ3n) is 5.59. The lowest BCUT2D eigenvalue weighted by molar-refractivity contribution is 0.423. The molecule has 0 aromatic carbocycles. The molecule has 0 aliphatic heterocycles. The zero-order valence-corrected chi connectivity index (χ0v) is 22.4. The first-order chi connectivity index (χ1) is 8.81. The van der Waals surface area contributed by atoms with Gasteiger partial charge in [-0.25, -0.2) is 0 Å². The van der Waals surface area contributed by atoms with Crippen molar-refractivity contribution < 1.29 is 4.43 Å². The molecule has 0 atom stereocenters. The van der Waals surface area contributed by atoms with Crippen LogP contribution in [-0.2, 0) is 4.43 Å². The second-order valence-corrected chi connectivity index (χ2v) is 54.6. The molecule has 0 amide bonds. The Kier molecular flexibility index (Phi) is 7.25. The summed E-state index contributed by atoms with van der Waals surface area (Å²) in [5.41, 5.74) is 0. The molecule has 8 heteroatoms. The molecular weight excluding hydrogens is 393 g/mol. The van der Waals surface area contributed by atoms with Crippen LogP contribution in [0.25, 0.3) is 0 Å². The van der Waals surface area contributed by atoms with Crippen molar-refractivity contribution in [2.45, 2.75) is 13.1 Å². The van der Waals surface area contributed by atoms with Gasteiger partial charge in [0.1, 0.15) is 0 Å². The van der Waals surface area contributed by atoms with Crippen molar-refractivity contribution in [3.63, 3.8) is 0 Å². The van der Waals surface area contributed by atoms with Crippen molar-refractivity contribution in [1.82, 2.24) is 0 Å². The van der Waals surface area contributed by atoms with Crippen molar-refractivity contribution in [3.8, 4) is 0 Å². The molecular formula is C13H40OS6Si. The van der Waals surface area contributed by atoms with Crippen LogP contribution in [0.1, 0.15) is 0 Å². The fourth-order valence-corrected chi connectivity index (χ4v) is 79.5. The van der Waals surface area contributed by atoms with Crippen molar-refractivity contribution in [2.24, 2.45) is 0 Å². The summed E-state index contributed by atoms with van der Waals surface area (Å²) in [5.74, 6) is 0. The highest BCUT2D eigenvalue weighted by atomic mass is 34.0. The average molecular weight is 433 g/mol. The predicted octanol–water partition coefficient (Wildman–Crippen LogP) is 6.16. The second-order valence-electron chi connectivity index (χ2n) is 7.45. The van der Waals surface area contributed by atoms with Gasteiger partial charge in [-0.15, -0.1) is 11.7 Å². The fourth-order valence-electron chi connectivity index (χ4n) is 1.89. The van der Waals surface area contributed by atoms with Crippen molar-refractivity contribution in [1.29, 1.82) is 0 Å². The molecule has 0 radical (unpaired) electrons. The van der Waals surface area contributed by atoms with Crippen molar-refractivity contribution >= 4 is 60.0 Å². The molecule has 0 fully saturated rings. The molecule has 1 nitrogen and oxygen atoms in total. The summed E-state index contributed by atoms with van der Waals surface area (Å²) in [6, 6.07) is 0. The topological polar surface area (TPSA) is 9.23 Å². The Balaban J connectivity index is 6.14. The summed E-state index contributed by atoms with van der Waals surface area (Å²) >= 11 is 5.10. The molecule has 138 valence electrons. The first-order valence-electron chi connectivity index (χ1n) is 6.75. The van der Waals surface area contributed by atoms with E-state index in [1.54, 1.807) is 0 Å². The van der Waals surface area contributed by atoms with Gasteiger partial charge in [0.25, 0.3) is 0 Å². The highest BCUT2D eigenvalue weighted by Crippen LogP contribution is 3.08. The first kappa shape index (κ1) is 23.3. The third-order valence-corrected chi connectivity index (χ3v) is 80.5. The van der Waals surface area contributed by atoms with E-state index in [9.17, 15) is 0 Å². The first-order valence-corrected chi connectivity index (χ1v) is 25.7. The lowest BCUT2D eigenvalue weighted by atomic mass is 11.8. The SMILES string of the molecule is CO[Si](C)(C)S(C)(C)S(C)(C)S(C)(C)S(C)(C)S(C)(C)S. The van der Waals surface area contributed by atoms with Gasteiger partial charge in [-0.05, 0) is 75.7 Å². The van der Waals surface area contributed by atoms with Crippen LogP contribution in [0, 0.1) is 0 Å². The normalized spacial score (nSPS) is 20.1. The van der Waals surface area contributed by atoms with E-state index >= 15 is 0 Å². The van der Waals surface area contributed by atoms with Gasteiger partial charge in [-0.2, -0.15) is 40.9 Å². The Morgan fingerprint density at radius 1 is 0.667 bits per heavy atom. The Morgan fingerprint density at radius 3 is 1.24 bits per heavy atom. The van der Waals surface area contributed by atoms with Gasteiger partial charge in [-0.3, -0.25) is 0 Å². The van der Waals surface area contributed by atoms with Crippen LogP contribution >= 0.6 is 52.5 Å². The molecule has 0 heterocycles. The number of thiol groups is 1. The van der Waals surface area contributed by atoms with E-state index in [1.807, 2.05) is 7.11 Å². The molecule has 0 bridgehead atoms. The minimum absolute atomic E-state index is 0.728. The van der Waals surface area contributed by atoms with E-state index in [1.165, 1.54) is 0 Å². The van der Waals surface area contributed by atoms with Crippen LogP contribution in [0.3, 0.4) is 0 Å². The van der Waals surface area contributed by atoms with Crippen LogP contribution in [-0.4, -0.2) is 77.1 Å². The summed E-state index contributed by atoms with van der Waals surface area (Å²) in [6.07, 6.45) is 25.5. The number of hydrogen-bond acceptors (Lipinski definition) is 2. The Morgan fingerprint density at radius 2 is 1.00 bits per heavy atom.